The van der Waals surface area contributed by atoms with E-state index < -0.39 is 24.3 Å². The van der Waals surface area contributed by atoms with Gasteiger partial charge in [0.05, 0.1) is 10.6 Å². The lowest BCUT2D eigenvalue weighted by molar-refractivity contribution is -0.119. The Labute approximate surface area is 139 Å². The summed E-state index contributed by atoms with van der Waals surface area (Å²) in [6, 6.07) is 10.2. The van der Waals surface area contributed by atoms with Crippen LogP contribution in [0, 0.1) is 5.82 Å². The van der Waals surface area contributed by atoms with Crippen LogP contribution >= 0.6 is 27.5 Å². The zero-order valence-electron chi connectivity index (χ0n) is 11.1. The maximum absolute atomic E-state index is 12.9. The first-order chi connectivity index (χ1) is 10.5. The zero-order chi connectivity index (χ0) is 16.1. The molecule has 2 aromatic carbocycles. The van der Waals surface area contributed by atoms with E-state index in [-0.39, 0.29) is 10.6 Å². The third kappa shape index (κ3) is 4.54. The number of hydrogen-bond acceptors (Lipinski definition) is 3. The predicted octanol–water partition coefficient (Wildman–Crippen LogP) is 4.04. The van der Waals surface area contributed by atoms with E-state index in [4.69, 9.17) is 16.3 Å². The first-order valence-corrected chi connectivity index (χ1v) is 7.30. The smallest absolute Gasteiger partial charge is 0.340 e. The topological polar surface area (TPSA) is 55.4 Å². The predicted molar refractivity (Wildman–Crippen MR) is 84.5 cm³/mol. The molecule has 0 saturated heterocycles. The monoisotopic (exact) mass is 385 g/mol. The van der Waals surface area contributed by atoms with Gasteiger partial charge >= 0.3 is 5.97 Å². The number of carbonyl (C=O) groups excluding carboxylic acids is 2. The largest absolute Gasteiger partial charge is 0.452 e. The van der Waals surface area contributed by atoms with E-state index in [1.807, 2.05) is 0 Å². The van der Waals surface area contributed by atoms with Crippen LogP contribution < -0.4 is 5.32 Å². The van der Waals surface area contributed by atoms with Crippen LogP contribution in [0.15, 0.2) is 46.9 Å². The van der Waals surface area contributed by atoms with Gasteiger partial charge in [0.1, 0.15) is 5.82 Å². The van der Waals surface area contributed by atoms with Crippen molar-refractivity contribution in [1.82, 2.24) is 0 Å². The fourth-order valence-electron chi connectivity index (χ4n) is 1.59. The maximum atomic E-state index is 12.9. The van der Waals surface area contributed by atoms with Gasteiger partial charge in [-0.2, -0.15) is 0 Å². The van der Waals surface area contributed by atoms with Crippen molar-refractivity contribution in [2.45, 2.75) is 0 Å². The van der Waals surface area contributed by atoms with E-state index in [9.17, 15) is 14.0 Å². The summed E-state index contributed by atoms with van der Waals surface area (Å²) in [6.07, 6.45) is 0. The van der Waals surface area contributed by atoms with Gasteiger partial charge in [-0.1, -0.05) is 27.5 Å². The summed E-state index contributed by atoms with van der Waals surface area (Å²) < 4.78 is 18.6. The summed E-state index contributed by atoms with van der Waals surface area (Å²) in [7, 11) is 0. The summed E-state index contributed by atoms with van der Waals surface area (Å²) in [4.78, 5) is 23.4. The number of carbonyl (C=O) groups is 2. The SMILES string of the molecule is O=C(COC(=O)c1ccc(F)cc1Cl)Nc1ccc(Br)cc1. The molecule has 2 rings (SSSR count). The lowest BCUT2D eigenvalue weighted by Gasteiger charge is -2.07. The molecule has 1 N–H and O–H groups in total. The molecule has 0 aliphatic carbocycles. The van der Waals surface area contributed by atoms with Gasteiger partial charge in [0.2, 0.25) is 0 Å². The van der Waals surface area contributed by atoms with Crippen molar-refractivity contribution < 1.29 is 18.7 Å². The molecule has 0 atom stereocenters. The van der Waals surface area contributed by atoms with Gasteiger partial charge in [-0.25, -0.2) is 9.18 Å². The molecule has 0 unspecified atom stereocenters. The Hall–Kier alpha value is -1.92. The number of rotatable bonds is 4. The highest BCUT2D eigenvalue weighted by Gasteiger charge is 2.14. The second-order valence-electron chi connectivity index (χ2n) is 4.26. The van der Waals surface area contributed by atoms with Crippen LogP contribution in [0.4, 0.5) is 10.1 Å². The highest BCUT2D eigenvalue weighted by atomic mass is 79.9. The van der Waals surface area contributed by atoms with E-state index in [1.54, 1.807) is 24.3 Å². The molecule has 0 radical (unpaired) electrons. The van der Waals surface area contributed by atoms with Crippen LogP contribution in [0.3, 0.4) is 0 Å². The van der Waals surface area contributed by atoms with Crippen molar-refractivity contribution >= 4 is 45.1 Å². The van der Waals surface area contributed by atoms with Gasteiger partial charge in [-0.05, 0) is 42.5 Å². The fourth-order valence-corrected chi connectivity index (χ4v) is 2.10. The molecule has 1 amide bonds. The van der Waals surface area contributed by atoms with Crippen molar-refractivity contribution in [2.75, 3.05) is 11.9 Å². The first kappa shape index (κ1) is 16.5. The third-order valence-electron chi connectivity index (χ3n) is 2.61. The van der Waals surface area contributed by atoms with Crippen molar-refractivity contribution in [3.05, 3.63) is 63.3 Å². The molecule has 22 heavy (non-hydrogen) atoms. The van der Waals surface area contributed by atoms with Crippen LogP contribution in [0.5, 0.6) is 0 Å². The molecule has 2 aromatic rings. The Morgan fingerprint density at radius 2 is 1.86 bits per heavy atom. The van der Waals surface area contributed by atoms with E-state index in [1.165, 1.54) is 6.07 Å². The molecule has 114 valence electrons. The van der Waals surface area contributed by atoms with Crippen molar-refractivity contribution in [3.63, 3.8) is 0 Å². The number of ether oxygens (including phenoxy) is 1. The maximum Gasteiger partial charge on any atom is 0.340 e. The van der Waals surface area contributed by atoms with Crippen LogP contribution in [0.2, 0.25) is 5.02 Å². The van der Waals surface area contributed by atoms with Gasteiger partial charge < -0.3 is 10.1 Å². The molecule has 0 aromatic heterocycles. The minimum Gasteiger partial charge on any atom is -0.452 e. The Balaban J connectivity index is 1.90. The Morgan fingerprint density at radius 3 is 2.50 bits per heavy atom. The van der Waals surface area contributed by atoms with Gasteiger partial charge in [0, 0.05) is 10.2 Å². The van der Waals surface area contributed by atoms with Gasteiger partial charge in [0.15, 0.2) is 6.61 Å². The molecule has 0 bridgehead atoms. The quantitative estimate of drug-likeness (QED) is 0.807. The molecule has 4 nitrogen and oxygen atoms in total. The molecule has 0 saturated carbocycles. The Kier molecular flexibility index (Phi) is 5.51. The van der Waals surface area contributed by atoms with E-state index in [2.05, 4.69) is 21.2 Å². The summed E-state index contributed by atoms with van der Waals surface area (Å²) >= 11 is 9.02. The lowest BCUT2D eigenvalue weighted by Crippen LogP contribution is -2.21. The minimum absolute atomic E-state index is 0.000455. The Morgan fingerprint density at radius 1 is 1.18 bits per heavy atom. The number of esters is 1. The average molecular weight is 387 g/mol. The summed E-state index contributed by atoms with van der Waals surface area (Å²) in [5.41, 5.74) is 0.573. The van der Waals surface area contributed by atoms with Crippen LogP contribution in [-0.4, -0.2) is 18.5 Å². The van der Waals surface area contributed by atoms with Crippen molar-refractivity contribution in [2.24, 2.45) is 0 Å². The van der Waals surface area contributed by atoms with Gasteiger partial charge in [-0.15, -0.1) is 0 Å². The van der Waals surface area contributed by atoms with E-state index in [0.29, 0.717) is 5.69 Å². The molecule has 0 aliphatic rings. The summed E-state index contributed by atoms with van der Waals surface area (Å²) in [6.45, 7) is -0.470. The van der Waals surface area contributed by atoms with E-state index in [0.717, 1.165) is 16.6 Å². The van der Waals surface area contributed by atoms with Crippen molar-refractivity contribution in [1.29, 1.82) is 0 Å². The highest BCUT2D eigenvalue weighted by Crippen LogP contribution is 2.18. The standard InChI is InChI=1S/C15H10BrClFNO3/c16-9-1-4-11(5-2-9)19-14(20)8-22-15(21)12-6-3-10(18)7-13(12)17/h1-7H,8H2,(H,19,20). The van der Waals surface area contributed by atoms with Crippen LogP contribution in [-0.2, 0) is 9.53 Å². The lowest BCUT2D eigenvalue weighted by atomic mass is 10.2. The summed E-state index contributed by atoms with van der Waals surface area (Å²) in [5.74, 6) is -1.85. The molecule has 0 heterocycles. The number of anilines is 1. The van der Waals surface area contributed by atoms with Crippen LogP contribution in [0.1, 0.15) is 10.4 Å². The molecule has 0 fully saturated rings. The summed E-state index contributed by atoms with van der Waals surface area (Å²) in [5, 5.41) is 2.50. The molecular formula is C15H10BrClFNO3. The third-order valence-corrected chi connectivity index (χ3v) is 3.45. The second kappa shape index (κ2) is 7.38. The molecule has 0 spiro atoms. The molecule has 7 heteroatoms. The average Bonchev–Trinajstić information content (AvgIpc) is 2.47. The van der Waals surface area contributed by atoms with E-state index >= 15 is 0 Å². The Bertz CT molecular complexity index is 706. The molecule has 0 aliphatic heterocycles. The number of benzene rings is 2. The first-order valence-electron chi connectivity index (χ1n) is 6.13. The number of nitrogens with one attached hydrogen (secondary N) is 1. The van der Waals surface area contributed by atoms with Gasteiger partial charge in [0.25, 0.3) is 5.91 Å². The number of halogens is 3. The van der Waals surface area contributed by atoms with Crippen molar-refractivity contribution in [3.8, 4) is 0 Å². The number of amides is 1. The fraction of sp³-hybridized carbons (Fsp3) is 0.0667. The highest BCUT2D eigenvalue weighted by molar-refractivity contribution is 9.10. The zero-order valence-corrected chi connectivity index (χ0v) is 13.4. The number of hydrogen-bond donors (Lipinski definition) is 1. The molecular weight excluding hydrogens is 377 g/mol. The normalized spacial score (nSPS) is 10.1. The second-order valence-corrected chi connectivity index (χ2v) is 5.58. The minimum atomic E-state index is -0.795. The van der Waals surface area contributed by atoms with Crippen LogP contribution in [0.25, 0.3) is 0 Å². The van der Waals surface area contributed by atoms with Gasteiger partial charge in [-0.3, -0.25) is 4.79 Å².